The van der Waals surface area contributed by atoms with Gasteiger partial charge in [-0.25, -0.2) is 0 Å². The molecule has 2 amide bonds. The maximum Gasteiger partial charge on any atom is 0.242 e. The Balaban J connectivity index is 2.19. The summed E-state index contributed by atoms with van der Waals surface area (Å²) in [6.07, 6.45) is 0.537. The van der Waals surface area contributed by atoms with Crippen molar-refractivity contribution in [2.24, 2.45) is 5.92 Å². The van der Waals surface area contributed by atoms with Crippen LogP contribution in [0.25, 0.3) is 0 Å². The van der Waals surface area contributed by atoms with E-state index in [1.165, 1.54) is 17.3 Å². The Morgan fingerprint density at radius 2 is 1.77 bits per heavy atom. The van der Waals surface area contributed by atoms with Crippen LogP contribution in [0.3, 0.4) is 0 Å². The van der Waals surface area contributed by atoms with Crippen LogP contribution in [0, 0.1) is 12.8 Å². The SMILES string of the molecule is CC[C@H](C(=O)NCC(C)C)N(Cc1ccccc1Cl)C(=O)CSc1ccc(C)cc1. The number of hydrogen-bond donors (Lipinski definition) is 1. The van der Waals surface area contributed by atoms with E-state index < -0.39 is 6.04 Å². The van der Waals surface area contributed by atoms with Gasteiger partial charge in [0.2, 0.25) is 11.8 Å². The molecule has 2 rings (SSSR count). The smallest absolute Gasteiger partial charge is 0.242 e. The molecule has 0 fully saturated rings. The number of thioether (sulfide) groups is 1. The standard InChI is InChI=1S/C24H31ClN2O2S/c1-5-22(24(29)26-14-17(2)3)27(15-19-8-6-7-9-21(19)25)23(28)16-30-20-12-10-18(4)11-13-20/h6-13,17,22H,5,14-16H2,1-4H3,(H,26,29)/t22-/m1/s1. The topological polar surface area (TPSA) is 49.4 Å². The van der Waals surface area contributed by atoms with Crippen LogP contribution in [0.5, 0.6) is 0 Å². The van der Waals surface area contributed by atoms with E-state index in [1.807, 2.05) is 70.2 Å². The molecule has 6 heteroatoms. The summed E-state index contributed by atoms with van der Waals surface area (Å²) >= 11 is 7.83. The lowest BCUT2D eigenvalue weighted by Crippen LogP contribution is -2.50. The van der Waals surface area contributed by atoms with Gasteiger partial charge < -0.3 is 10.2 Å². The molecule has 30 heavy (non-hydrogen) atoms. The van der Waals surface area contributed by atoms with Crippen LogP contribution in [0.15, 0.2) is 53.4 Å². The minimum atomic E-state index is -0.536. The zero-order valence-corrected chi connectivity index (χ0v) is 19.7. The van der Waals surface area contributed by atoms with Crippen molar-refractivity contribution in [1.82, 2.24) is 10.2 Å². The van der Waals surface area contributed by atoms with Crippen molar-refractivity contribution in [2.75, 3.05) is 12.3 Å². The molecule has 0 aliphatic rings. The Kier molecular flexibility index (Phi) is 9.73. The third-order valence-corrected chi connectivity index (χ3v) is 6.12. The van der Waals surface area contributed by atoms with Crippen LogP contribution in [-0.2, 0) is 16.1 Å². The highest BCUT2D eigenvalue weighted by Crippen LogP contribution is 2.23. The molecule has 0 unspecified atom stereocenters. The molecule has 0 spiro atoms. The molecule has 1 atom stereocenters. The second-order valence-electron chi connectivity index (χ2n) is 7.78. The van der Waals surface area contributed by atoms with Crippen LogP contribution >= 0.6 is 23.4 Å². The lowest BCUT2D eigenvalue weighted by molar-refractivity contribution is -0.139. The van der Waals surface area contributed by atoms with Gasteiger partial charge in [-0.3, -0.25) is 9.59 Å². The Labute approximate surface area is 189 Å². The summed E-state index contributed by atoms with van der Waals surface area (Å²) in [5.74, 6) is 0.414. The average molecular weight is 447 g/mol. The summed E-state index contributed by atoms with van der Waals surface area (Å²) in [5, 5.41) is 3.57. The molecule has 162 valence electrons. The van der Waals surface area contributed by atoms with Crippen molar-refractivity contribution >= 4 is 35.2 Å². The number of carbonyl (C=O) groups excluding carboxylic acids is 2. The van der Waals surface area contributed by atoms with Crippen molar-refractivity contribution in [1.29, 1.82) is 0 Å². The van der Waals surface area contributed by atoms with E-state index in [9.17, 15) is 9.59 Å². The highest BCUT2D eigenvalue weighted by Gasteiger charge is 2.29. The summed E-state index contributed by atoms with van der Waals surface area (Å²) in [6, 6.07) is 15.0. The van der Waals surface area contributed by atoms with Crippen LogP contribution in [-0.4, -0.2) is 35.1 Å². The first-order valence-corrected chi connectivity index (χ1v) is 11.7. The minimum absolute atomic E-state index is 0.0768. The molecule has 0 aliphatic carbocycles. The van der Waals surface area contributed by atoms with Gasteiger partial charge in [0.25, 0.3) is 0 Å². The summed E-state index contributed by atoms with van der Waals surface area (Å²) in [6.45, 7) is 8.95. The van der Waals surface area contributed by atoms with Gasteiger partial charge >= 0.3 is 0 Å². The van der Waals surface area contributed by atoms with E-state index in [4.69, 9.17) is 11.6 Å². The first-order valence-electron chi connectivity index (χ1n) is 10.3. The van der Waals surface area contributed by atoms with Crippen LogP contribution in [0.4, 0.5) is 0 Å². The lowest BCUT2D eigenvalue weighted by Gasteiger charge is -2.31. The van der Waals surface area contributed by atoms with Crippen molar-refractivity contribution in [3.8, 4) is 0 Å². The zero-order chi connectivity index (χ0) is 22.1. The van der Waals surface area contributed by atoms with Gasteiger partial charge in [0.05, 0.1) is 5.75 Å². The molecule has 0 saturated carbocycles. The van der Waals surface area contributed by atoms with Gasteiger partial charge in [-0.05, 0) is 43.0 Å². The minimum Gasteiger partial charge on any atom is -0.354 e. The zero-order valence-electron chi connectivity index (χ0n) is 18.2. The monoisotopic (exact) mass is 446 g/mol. The number of amides is 2. The molecule has 2 aromatic carbocycles. The van der Waals surface area contributed by atoms with E-state index in [-0.39, 0.29) is 17.6 Å². The first-order chi connectivity index (χ1) is 14.3. The van der Waals surface area contributed by atoms with Gasteiger partial charge in [-0.15, -0.1) is 11.8 Å². The molecule has 0 aromatic heterocycles. The normalized spacial score (nSPS) is 11.9. The van der Waals surface area contributed by atoms with Gasteiger partial charge in [0.1, 0.15) is 6.04 Å². The molecule has 1 N–H and O–H groups in total. The Morgan fingerprint density at radius 1 is 1.10 bits per heavy atom. The molecule has 4 nitrogen and oxygen atoms in total. The molecule has 0 aliphatic heterocycles. The third-order valence-electron chi connectivity index (χ3n) is 4.75. The number of halogens is 1. The lowest BCUT2D eigenvalue weighted by atomic mass is 10.1. The average Bonchev–Trinajstić information content (AvgIpc) is 2.72. The van der Waals surface area contributed by atoms with E-state index >= 15 is 0 Å². The molecule has 0 heterocycles. The van der Waals surface area contributed by atoms with E-state index in [1.54, 1.807) is 11.0 Å². The molecule has 0 saturated heterocycles. The van der Waals surface area contributed by atoms with Gasteiger partial charge in [-0.1, -0.05) is 68.3 Å². The maximum atomic E-state index is 13.2. The summed E-state index contributed by atoms with van der Waals surface area (Å²) < 4.78 is 0. The van der Waals surface area contributed by atoms with Crippen molar-refractivity contribution in [3.05, 3.63) is 64.7 Å². The maximum absolute atomic E-state index is 13.2. The van der Waals surface area contributed by atoms with Crippen molar-refractivity contribution < 1.29 is 9.59 Å². The largest absolute Gasteiger partial charge is 0.354 e. The number of nitrogens with zero attached hydrogens (tertiary/aromatic N) is 1. The Hall–Kier alpha value is -1.98. The van der Waals surface area contributed by atoms with Crippen LogP contribution in [0.2, 0.25) is 5.02 Å². The second kappa shape index (κ2) is 12.0. The Bertz CT molecular complexity index is 839. The number of benzene rings is 2. The van der Waals surface area contributed by atoms with Crippen LogP contribution < -0.4 is 5.32 Å². The number of hydrogen-bond acceptors (Lipinski definition) is 3. The first kappa shape index (κ1) is 24.3. The third kappa shape index (κ3) is 7.37. The number of carbonyl (C=O) groups is 2. The summed E-state index contributed by atoms with van der Waals surface area (Å²) in [7, 11) is 0. The predicted molar refractivity (Wildman–Crippen MR) is 126 cm³/mol. The summed E-state index contributed by atoms with van der Waals surface area (Å²) in [4.78, 5) is 28.8. The summed E-state index contributed by atoms with van der Waals surface area (Å²) in [5.41, 5.74) is 2.02. The quantitative estimate of drug-likeness (QED) is 0.502. The fourth-order valence-electron chi connectivity index (χ4n) is 3.01. The molecule has 0 bridgehead atoms. The van der Waals surface area contributed by atoms with Crippen LogP contribution in [0.1, 0.15) is 38.3 Å². The highest BCUT2D eigenvalue weighted by molar-refractivity contribution is 8.00. The predicted octanol–water partition coefficient (Wildman–Crippen LogP) is 5.32. The molecule has 0 radical (unpaired) electrons. The molecular formula is C24H31ClN2O2S. The highest BCUT2D eigenvalue weighted by atomic mass is 35.5. The number of aryl methyl sites for hydroxylation is 1. The van der Waals surface area contributed by atoms with E-state index in [0.717, 1.165) is 10.5 Å². The number of rotatable bonds is 10. The molecule has 2 aromatic rings. The van der Waals surface area contributed by atoms with E-state index in [2.05, 4.69) is 5.32 Å². The second-order valence-corrected chi connectivity index (χ2v) is 9.23. The van der Waals surface area contributed by atoms with E-state index in [0.29, 0.717) is 30.5 Å². The number of nitrogens with one attached hydrogen (secondary N) is 1. The van der Waals surface area contributed by atoms with Crippen molar-refractivity contribution in [3.63, 3.8) is 0 Å². The van der Waals surface area contributed by atoms with Gasteiger partial charge in [0, 0.05) is 23.0 Å². The fraction of sp³-hybridized carbons (Fsp3) is 0.417. The van der Waals surface area contributed by atoms with Gasteiger partial charge in [-0.2, -0.15) is 0 Å². The van der Waals surface area contributed by atoms with Crippen molar-refractivity contribution in [2.45, 2.75) is 51.6 Å². The Morgan fingerprint density at radius 3 is 2.37 bits per heavy atom. The van der Waals surface area contributed by atoms with Gasteiger partial charge in [0.15, 0.2) is 0 Å². The molecular weight excluding hydrogens is 416 g/mol. The fourth-order valence-corrected chi connectivity index (χ4v) is 3.99.